The van der Waals surface area contributed by atoms with Crippen LogP contribution < -0.4 is 10.6 Å². The topological polar surface area (TPSA) is 83.9 Å². The van der Waals surface area contributed by atoms with Crippen LogP contribution in [0.3, 0.4) is 0 Å². The number of hydrogen-bond acceptors (Lipinski definition) is 4. The van der Waals surface area contributed by atoms with Crippen LogP contribution >= 0.6 is 12.4 Å². The molecule has 1 aliphatic heterocycles. The first-order valence-electron chi connectivity index (χ1n) is 7.82. The minimum atomic E-state index is -0.0840. The molecule has 7 nitrogen and oxygen atoms in total. The molecule has 0 spiro atoms. The number of halogens is 1. The van der Waals surface area contributed by atoms with E-state index in [1.165, 1.54) is 23.3 Å². The largest absolute Gasteiger partial charge is 0.335 e. The van der Waals surface area contributed by atoms with Gasteiger partial charge >= 0.3 is 0 Å². The number of hydrogen-bond donors (Lipinski definition) is 1. The molecule has 2 aromatic heterocycles. The van der Waals surface area contributed by atoms with Gasteiger partial charge in [0.15, 0.2) is 5.65 Å². The molecule has 0 bridgehead atoms. The molecule has 24 heavy (non-hydrogen) atoms. The minimum absolute atomic E-state index is 0. The number of fused-ring (bicyclic) bond motifs is 1. The van der Waals surface area contributed by atoms with Gasteiger partial charge in [0.25, 0.3) is 0 Å². The third-order valence-corrected chi connectivity index (χ3v) is 4.54. The van der Waals surface area contributed by atoms with Crippen molar-refractivity contribution in [2.45, 2.75) is 25.3 Å². The number of amides is 2. The molecule has 4 rings (SSSR count). The Morgan fingerprint density at radius 2 is 1.96 bits per heavy atom. The fourth-order valence-electron chi connectivity index (χ4n) is 3.03. The third-order valence-electron chi connectivity index (χ3n) is 4.54. The molecule has 0 radical (unpaired) electrons. The van der Waals surface area contributed by atoms with E-state index in [4.69, 9.17) is 5.73 Å². The lowest BCUT2D eigenvalue weighted by molar-refractivity contribution is -0.136. The lowest BCUT2D eigenvalue weighted by Gasteiger charge is -2.32. The van der Waals surface area contributed by atoms with Crippen molar-refractivity contribution in [1.82, 2.24) is 14.3 Å². The zero-order valence-corrected chi connectivity index (χ0v) is 14.3. The Morgan fingerprint density at radius 1 is 1.21 bits per heavy atom. The van der Waals surface area contributed by atoms with E-state index in [1.54, 1.807) is 11.9 Å². The van der Waals surface area contributed by atoms with E-state index in [0.717, 1.165) is 5.69 Å². The molecule has 1 saturated heterocycles. The van der Waals surface area contributed by atoms with Crippen LogP contribution in [0, 0.1) is 0 Å². The number of carbonyl (C=O) groups is 2. The van der Waals surface area contributed by atoms with Crippen molar-refractivity contribution >= 4 is 35.6 Å². The molecule has 1 saturated carbocycles. The molecule has 8 heteroatoms. The molecule has 3 heterocycles. The van der Waals surface area contributed by atoms with Gasteiger partial charge in [0, 0.05) is 26.0 Å². The molecule has 0 atom stereocenters. The van der Waals surface area contributed by atoms with Crippen molar-refractivity contribution in [3.63, 3.8) is 0 Å². The number of aromatic nitrogens is 2. The van der Waals surface area contributed by atoms with Gasteiger partial charge in [0.1, 0.15) is 6.54 Å². The van der Waals surface area contributed by atoms with Crippen LogP contribution in [0.4, 0.5) is 5.69 Å². The maximum absolute atomic E-state index is 12.4. The second-order valence-corrected chi connectivity index (χ2v) is 6.33. The van der Waals surface area contributed by atoms with Gasteiger partial charge in [0.05, 0.1) is 17.9 Å². The monoisotopic (exact) mass is 349 g/mol. The van der Waals surface area contributed by atoms with Crippen molar-refractivity contribution in [2.75, 3.05) is 25.0 Å². The minimum Gasteiger partial charge on any atom is -0.335 e. The van der Waals surface area contributed by atoms with Crippen molar-refractivity contribution in [3.8, 4) is 0 Å². The zero-order chi connectivity index (χ0) is 16.1. The second-order valence-electron chi connectivity index (χ2n) is 6.33. The number of imidazole rings is 1. The standard InChI is InChI=1S/C16H19N5O2.ClH/c1-19-8-15(23)21(9-14(19)22)13-4-11(10-2-3-10)6-20-7-12(5-17)18-16(13)20;/h4,6-7,10H,2-3,5,8-9,17H2,1H3;1H. The summed E-state index contributed by atoms with van der Waals surface area (Å²) in [5.74, 6) is 0.393. The Morgan fingerprint density at radius 3 is 2.62 bits per heavy atom. The van der Waals surface area contributed by atoms with E-state index in [2.05, 4.69) is 11.2 Å². The summed E-state index contributed by atoms with van der Waals surface area (Å²) in [7, 11) is 1.65. The third kappa shape index (κ3) is 2.74. The van der Waals surface area contributed by atoms with Crippen molar-refractivity contribution in [1.29, 1.82) is 0 Å². The van der Waals surface area contributed by atoms with Gasteiger partial charge in [-0.05, 0) is 30.4 Å². The number of likely N-dealkylation sites (N-methyl/N-ethyl adjacent to an activating group) is 1. The van der Waals surface area contributed by atoms with Gasteiger partial charge in [-0.1, -0.05) is 0 Å². The fourth-order valence-corrected chi connectivity index (χ4v) is 3.03. The van der Waals surface area contributed by atoms with Crippen LogP contribution in [0.25, 0.3) is 5.65 Å². The molecule has 0 aromatic carbocycles. The maximum atomic E-state index is 12.4. The quantitative estimate of drug-likeness (QED) is 0.892. The first kappa shape index (κ1) is 16.7. The second kappa shape index (κ2) is 6.07. The van der Waals surface area contributed by atoms with E-state index in [1.807, 2.05) is 16.7 Å². The van der Waals surface area contributed by atoms with Gasteiger partial charge < -0.3 is 15.0 Å². The van der Waals surface area contributed by atoms with Crippen LogP contribution in [-0.4, -0.2) is 46.2 Å². The Kier molecular flexibility index (Phi) is 4.23. The molecule has 2 aliphatic rings. The predicted octanol–water partition coefficient (Wildman–Crippen LogP) is 0.897. The summed E-state index contributed by atoms with van der Waals surface area (Å²) in [6.45, 7) is 0.503. The summed E-state index contributed by atoms with van der Waals surface area (Å²) in [5.41, 5.74) is 9.05. The van der Waals surface area contributed by atoms with Crippen molar-refractivity contribution in [3.05, 3.63) is 29.7 Å². The number of carbonyl (C=O) groups excluding carboxylic acids is 2. The highest BCUT2D eigenvalue weighted by Gasteiger charge is 2.32. The number of nitrogens with two attached hydrogens (primary N) is 1. The summed E-state index contributed by atoms with van der Waals surface area (Å²) in [6, 6.07) is 2.01. The van der Waals surface area contributed by atoms with Crippen LogP contribution in [0.15, 0.2) is 18.5 Å². The summed E-state index contributed by atoms with van der Waals surface area (Å²) in [5, 5.41) is 0. The Balaban J connectivity index is 0.00000169. The van der Waals surface area contributed by atoms with E-state index in [0.29, 0.717) is 23.8 Å². The first-order valence-corrected chi connectivity index (χ1v) is 7.82. The average molecular weight is 350 g/mol. The van der Waals surface area contributed by atoms with Crippen LogP contribution in [-0.2, 0) is 16.1 Å². The molecule has 1 aliphatic carbocycles. The van der Waals surface area contributed by atoms with Crippen LogP contribution in [0.1, 0.15) is 30.0 Å². The normalized spacial score (nSPS) is 18.2. The number of anilines is 1. The molecule has 2 N–H and O–H groups in total. The SMILES string of the molecule is CN1CC(=O)N(c2cc(C3CC3)cn3cc(CN)nc23)CC1=O.Cl. The van der Waals surface area contributed by atoms with Crippen LogP contribution in [0.2, 0.25) is 0 Å². The van der Waals surface area contributed by atoms with Gasteiger partial charge in [-0.25, -0.2) is 4.98 Å². The van der Waals surface area contributed by atoms with E-state index < -0.39 is 0 Å². The van der Waals surface area contributed by atoms with E-state index in [9.17, 15) is 9.59 Å². The summed E-state index contributed by atoms with van der Waals surface area (Å²) >= 11 is 0. The first-order chi connectivity index (χ1) is 11.1. The molecule has 2 amide bonds. The van der Waals surface area contributed by atoms with Crippen LogP contribution in [0.5, 0.6) is 0 Å². The number of nitrogens with zero attached hydrogens (tertiary/aromatic N) is 4. The Bertz CT molecular complexity index is 814. The highest BCUT2D eigenvalue weighted by molar-refractivity contribution is 6.06. The number of pyridine rings is 1. The van der Waals surface area contributed by atoms with Crippen molar-refractivity contribution in [2.24, 2.45) is 5.73 Å². The Hall–Kier alpha value is -2.12. The van der Waals surface area contributed by atoms with Gasteiger partial charge in [-0.15, -0.1) is 12.4 Å². The molecular weight excluding hydrogens is 330 g/mol. The smallest absolute Gasteiger partial charge is 0.247 e. The predicted molar refractivity (Wildman–Crippen MR) is 92.3 cm³/mol. The maximum Gasteiger partial charge on any atom is 0.247 e. The van der Waals surface area contributed by atoms with Gasteiger partial charge in [-0.2, -0.15) is 0 Å². The summed E-state index contributed by atoms with van der Waals surface area (Å²) in [6.07, 6.45) is 6.29. The molecule has 0 unspecified atom stereocenters. The molecule has 2 fully saturated rings. The summed E-state index contributed by atoms with van der Waals surface area (Å²) < 4.78 is 1.93. The number of rotatable bonds is 3. The fraction of sp³-hybridized carbons (Fsp3) is 0.438. The van der Waals surface area contributed by atoms with E-state index in [-0.39, 0.29) is 37.3 Å². The average Bonchev–Trinajstić information content (AvgIpc) is 3.29. The highest BCUT2D eigenvalue weighted by Crippen LogP contribution is 2.42. The number of piperazine rings is 1. The summed E-state index contributed by atoms with van der Waals surface area (Å²) in [4.78, 5) is 32.0. The lowest BCUT2D eigenvalue weighted by Crippen LogP contribution is -2.52. The zero-order valence-electron chi connectivity index (χ0n) is 13.4. The lowest BCUT2D eigenvalue weighted by atomic mass is 10.1. The van der Waals surface area contributed by atoms with Crippen molar-refractivity contribution < 1.29 is 9.59 Å². The Labute approximate surface area is 145 Å². The highest BCUT2D eigenvalue weighted by atomic mass is 35.5. The van der Waals surface area contributed by atoms with E-state index >= 15 is 0 Å². The van der Waals surface area contributed by atoms with Gasteiger partial charge in [0.2, 0.25) is 11.8 Å². The van der Waals surface area contributed by atoms with Gasteiger partial charge in [-0.3, -0.25) is 14.5 Å². The molecular formula is C16H20ClN5O2. The molecule has 2 aromatic rings. The molecule has 128 valence electrons.